The molecule has 2 rings (SSSR count). The fourth-order valence-electron chi connectivity index (χ4n) is 2.92. The predicted octanol–water partition coefficient (Wildman–Crippen LogP) is 4.82. The van der Waals surface area contributed by atoms with Crippen LogP contribution in [0, 0.1) is 11.8 Å². The number of rotatable bonds is 3. The zero-order valence-electron chi connectivity index (χ0n) is 10.7. The highest BCUT2D eigenvalue weighted by Crippen LogP contribution is 2.33. The van der Waals surface area contributed by atoms with Crippen LogP contribution in [0.15, 0.2) is 18.2 Å². The van der Waals surface area contributed by atoms with Gasteiger partial charge in [0, 0.05) is 10.0 Å². The van der Waals surface area contributed by atoms with E-state index in [4.69, 9.17) is 23.2 Å². The number of carboxylic acid groups (broad SMARTS) is 1. The minimum Gasteiger partial charge on any atom is -0.481 e. The zero-order valence-corrected chi connectivity index (χ0v) is 12.3. The highest BCUT2D eigenvalue weighted by molar-refractivity contribution is 6.35. The first kappa shape index (κ1) is 14.7. The van der Waals surface area contributed by atoms with Crippen LogP contribution in [0.4, 0.5) is 0 Å². The van der Waals surface area contributed by atoms with Gasteiger partial charge in [-0.2, -0.15) is 0 Å². The van der Waals surface area contributed by atoms with Gasteiger partial charge in [0.25, 0.3) is 0 Å². The summed E-state index contributed by atoms with van der Waals surface area (Å²) < 4.78 is 0. The number of hydrogen-bond donors (Lipinski definition) is 1. The molecule has 0 bridgehead atoms. The largest absolute Gasteiger partial charge is 0.481 e. The van der Waals surface area contributed by atoms with Crippen molar-refractivity contribution >= 4 is 29.2 Å². The lowest BCUT2D eigenvalue weighted by atomic mass is 9.83. The molecule has 0 radical (unpaired) electrons. The molecule has 0 aliphatic heterocycles. The van der Waals surface area contributed by atoms with E-state index in [9.17, 15) is 9.90 Å². The van der Waals surface area contributed by atoms with Crippen molar-refractivity contribution in [1.82, 2.24) is 0 Å². The maximum absolute atomic E-state index is 11.4. The number of carboxylic acids is 1. The van der Waals surface area contributed by atoms with Gasteiger partial charge in [-0.1, -0.05) is 48.5 Å². The molecular formula is C15H18Cl2O2. The van der Waals surface area contributed by atoms with Crippen LogP contribution in [-0.4, -0.2) is 11.1 Å². The molecule has 1 aliphatic carbocycles. The molecule has 104 valence electrons. The Morgan fingerprint density at radius 2 is 1.95 bits per heavy atom. The van der Waals surface area contributed by atoms with E-state index in [1.54, 1.807) is 6.07 Å². The molecular weight excluding hydrogens is 283 g/mol. The van der Waals surface area contributed by atoms with E-state index < -0.39 is 5.97 Å². The minimum absolute atomic E-state index is 0.179. The van der Waals surface area contributed by atoms with Crippen LogP contribution in [0.1, 0.15) is 37.7 Å². The molecule has 1 saturated carbocycles. The topological polar surface area (TPSA) is 37.3 Å². The van der Waals surface area contributed by atoms with Crippen LogP contribution < -0.4 is 0 Å². The monoisotopic (exact) mass is 300 g/mol. The molecule has 19 heavy (non-hydrogen) atoms. The van der Waals surface area contributed by atoms with Crippen LogP contribution in [-0.2, 0) is 11.2 Å². The Hall–Kier alpha value is -0.730. The van der Waals surface area contributed by atoms with Gasteiger partial charge in [0.05, 0.1) is 5.92 Å². The van der Waals surface area contributed by atoms with Crippen molar-refractivity contribution in [2.24, 2.45) is 11.8 Å². The Labute approximate surface area is 123 Å². The number of halogens is 2. The molecule has 1 fully saturated rings. The Balaban J connectivity index is 2.16. The zero-order chi connectivity index (χ0) is 13.8. The van der Waals surface area contributed by atoms with Crippen molar-refractivity contribution in [2.75, 3.05) is 0 Å². The standard InChI is InChI=1S/C15H18Cl2O2/c16-12-7-6-11(14(17)9-12)8-10-4-2-1-3-5-13(10)15(18)19/h6-7,9-10,13H,1-5,8H2,(H,18,19). The summed E-state index contributed by atoms with van der Waals surface area (Å²) in [5.41, 5.74) is 1.00. The molecule has 0 heterocycles. The van der Waals surface area contributed by atoms with Crippen molar-refractivity contribution in [3.63, 3.8) is 0 Å². The normalized spacial score (nSPS) is 23.9. The number of aliphatic carboxylic acids is 1. The van der Waals surface area contributed by atoms with Crippen LogP contribution in [0.3, 0.4) is 0 Å². The lowest BCUT2D eigenvalue weighted by Gasteiger charge is -2.22. The fourth-order valence-corrected chi connectivity index (χ4v) is 3.41. The third kappa shape index (κ3) is 3.87. The van der Waals surface area contributed by atoms with Gasteiger partial charge in [-0.15, -0.1) is 0 Å². The molecule has 0 saturated heterocycles. The lowest BCUT2D eigenvalue weighted by molar-refractivity contribution is -0.143. The molecule has 0 amide bonds. The number of carbonyl (C=O) groups is 1. The summed E-state index contributed by atoms with van der Waals surface area (Å²) in [6.07, 6.45) is 5.74. The maximum Gasteiger partial charge on any atom is 0.306 e. The summed E-state index contributed by atoms with van der Waals surface area (Å²) in [6, 6.07) is 5.45. The average molecular weight is 301 g/mol. The average Bonchev–Trinajstić information content (AvgIpc) is 2.58. The first-order valence-corrected chi connectivity index (χ1v) is 7.50. The number of hydrogen-bond acceptors (Lipinski definition) is 1. The summed E-state index contributed by atoms with van der Waals surface area (Å²) in [5.74, 6) is -0.732. The van der Waals surface area contributed by atoms with Gasteiger partial charge in [0.15, 0.2) is 0 Å². The Kier molecular flexibility index (Phi) is 5.12. The van der Waals surface area contributed by atoms with Crippen LogP contribution in [0.2, 0.25) is 10.0 Å². The third-order valence-electron chi connectivity index (χ3n) is 3.97. The van der Waals surface area contributed by atoms with Crippen LogP contribution >= 0.6 is 23.2 Å². The van der Waals surface area contributed by atoms with Gasteiger partial charge in [-0.05, 0) is 42.9 Å². The highest BCUT2D eigenvalue weighted by atomic mass is 35.5. The van der Waals surface area contributed by atoms with Crippen molar-refractivity contribution < 1.29 is 9.90 Å². The summed E-state index contributed by atoms with van der Waals surface area (Å²) in [6.45, 7) is 0. The van der Waals surface area contributed by atoms with Gasteiger partial charge >= 0.3 is 5.97 Å². The van der Waals surface area contributed by atoms with Crippen molar-refractivity contribution in [1.29, 1.82) is 0 Å². The van der Waals surface area contributed by atoms with Gasteiger partial charge in [0.2, 0.25) is 0 Å². The van der Waals surface area contributed by atoms with Gasteiger partial charge in [0.1, 0.15) is 0 Å². The van der Waals surface area contributed by atoms with Crippen molar-refractivity contribution in [2.45, 2.75) is 38.5 Å². The quantitative estimate of drug-likeness (QED) is 0.813. The van der Waals surface area contributed by atoms with E-state index in [0.29, 0.717) is 10.0 Å². The smallest absolute Gasteiger partial charge is 0.306 e. The van der Waals surface area contributed by atoms with Gasteiger partial charge in [-0.3, -0.25) is 4.79 Å². The molecule has 4 heteroatoms. The van der Waals surface area contributed by atoms with E-state index in [2.05, 4.69) is 0 Å². The second-order valence-electron chi connectivity index (χ2n) is 5.28. The summed E-state index contributed by atoms with van der Waals surface area (Å²) in [4.78, 5) is 11.4. The summed E-state index contributed by atoms with van der Waals surface area (Å²) in [5, 5.41) is 10.6. The molecule has 1 aromatic rings. The van der Waals surface area contributed by atoms with E-state index in [0.717, 1.165) is 44.1 Å². The molecule has 2 nitrogen and oxygen atoms in total. The van der Waals surface area contributed by atoms with Gasteiger partial charge in [-0.25, -0.2) is 0 Å². The van der Waals surface area contributed by atoms with Crippen LogP contribution in [0.25, 0.3) is 0 Å². The Morgan fingerprint density at radius 1 is 1.21 bits per heavy atom. The second kappa shape index (κ2) is 6.62. The van der Waals surface area contributed by atoms with E-state index >= 15 is 0 Å². The molecule has 0 aromatic heterocycles. The van der Waals surface area contributed by atoms with Gasteiger partial charge < -0.3 is 5.11 Å². The molecule has 0 spiro atoms. The molecule has 2 atom stereocenters. The highest BCUT2D eigenvalue weighted by Gasteiger charge is 2.29. The Bertz CT molecular complexity index is 459. The maximum atomic E-state index is 11.4. The molecule has 1 aromatic carbocycles. The summed E-state index contributed by atoms with van der Waals surface area (Å²) in [7, 11) is 0. The van der Waals surface area contributed by atoms with E-state index in [1.807, 2.05) is 12.1 Å². The SMILES string of the molecule is O=C(O)C1CCCCCC1Cc1ccc(Cl)cc1Cl. The van der Waals surface area contributed by atoms with Crippen molar-refractivity contribution in [3.8, 4) is 0 Å². The molecule has 2 unspecified atom stereocenters. The van der Waals surface area contributed by atoms with E-state index in [-0.39, 0.29) is 11.8 Å². The number of benzene rings is 1. The van der Waals surface area contributed by atoms with E-state index in [1.165, 1.54) is 0 Å². The minimum atomic E-state index is -0.669. The van der Waals surface area contributed by atoms with Crippen molar-refractivity contribution in [3.05, 3.63) is 33.8 Å². The molecule has 1 N–H and O–H groups in total. The first-order chi connectivity index (χ1) is 9.08. The molecule has 1 aliphatic rings. The fraction of sp³-hybridized carbons (Fsp3) is 0.533. The third-order valence-corrected chi connectivity index (χ3v) is 4.56. The lowest BCUT2D eigenvalue weighted by Crippen LogP contribution is -2.24. The summed E-state index contributed by atoms with van der Waals surface area (Å²) >= 11 is 12.1. The second-order valence-corrected chi connectivity index (χ2v) is 6.13. The van der Waals surface area contributed by atoms with Crippen LogP contribution in [0.5, 0.6) is 0 Å². The first-order valence-electron chi connectivity index (χ1n) is 6.74. The Morgan fingerprint density at radius 3 is 2.63 bits per heavy atom. The predicted molar refractivity (Wildman–Crippen MR) is 77.9 cm³/mol.